The zero-order valence-corrected chi connectivity index (χ0v) is 12.2. The van der Waals surface area contributed by atoms with Crippen LogP contribution in [0.3, 0.4) is 0 Å². The Labute approximate surface area is 125 Å². The summed E-state index contributed by atoms with van der Waals surface area (Å²) in [7, 11) is 0. The third-order valence-corrected chi connectivity index (χ3v) is 4.17. The van der Waals surface area contributed by atoms with Crippen LogP contribution in [0.1, 0.15) is 11.3 Å². The fraction of sp³-hybridized carbons (Fsp3) is 0.500. The summed E-state index contributed by atoms with van der Waals surface area (Å²) in [6, 6.07) is 2.93. The second-order valence-corrected chi connectivity index (χ2v) is 6.18. The number of nitrogens with one attached hydrogen (secondary N) is 1. The lowest BCUT2D eigenvalue weighted by molar-refractivity contribution is -0.139. The highest BCUT2D eigenvalue weighted by Crippen LogP contribution is 2.21. The largest absolute Gasteiger partial charge is 0.481 e. The summed E-state index contributed by atoms with van der Waals surface area (Å²) >= 11 is 7.22. The standard InChI is InChI=1S/C12H15ClN2O4S/c13-10-2-1-9(20-10)6-14-12(18)15-3-4-19-7-8(15)5-11(16)17/h1-2,8H,3-7H2,(H,14,18)(H,16,17). The minimum Gasteiger partial charge on any atom is -0.481 e. The fourth-order valence-electron chi connectivity index (χ4n) is 2.00. The van der Waals surface area contributed by atoms with Crippen molar-refractivity contribution in [2.75, 3.05) is 19.8 Å². The first kappa shape index (κ1) is 15.1. The van der Waals surface area contributed by atoms with Crippen molar-refractivity contribution in [2.45, 2.75) is 19.0 Å². The molecule has 1 unspecified atom stereocenters. The fourth-order valence-corrected chi connectivity index (χ4v) is 3.03. The quantitative estimate of drug-likeness (QED) is 0.887. The van der Waals surface area contributed by atoms with E-state index in [1.165, 1.54) is 16.2 Å². The first-order valence-electron chi connectivity index (χ1n) is 6.14. The second kappa shape index (κ2) is 6.92. The highest BCUT2D eigenvalue weighted by molar-refractivity contribution is 7.16. The summed E-state index contributed by atoms with van der Waals surface area (Å²) < 4.78 is 5.90. The average Bonchev–Trinajstić information content (AvgIpc) is 2.82. The van der Waals surface area contributed by atoms with Gasteiger partial charge in [-0.15, -0.1) is 11.3 Å². The number of carbonyl (C=O) groups excluding carboxylic acids is 1. The zero-order valence-electron chi connectivity index (χ0n) is 10.7. The Kier molecular flexibility index (Phi) is 5.22. The normalized spacial score (nSPS) is 18.9. The summed E-state index contributed by atoms with van der Waals surface area (Å²) in [4.78, 5) is 25.4. The number of carboxylic acids is 1. The number of ether oxygens (including phenoxy) is 1. The van der Waals surface area contributed by atoms with Gasteiger partial charge in [0, 0.05) is 11.4 Å². The summed E-state index contributed by atoms with van der Waals surface area (Å²) in [6.45, 7) is 1.46. The van der Waals surface area contributed by atoms with E-state index in [9.17, 15) is 9.59 Å². The first-order chi connectivity index (χ1) is 9.56. The van der Waals surface area contributed by atoms with Gasteiger partial charge in [0.25, 0.3) is 0 Å². The number of aliphatic carboxylic acids is 1. The Balaban J connectivity index is 1.90. The molecular weight excluding hydrogens is 304 g/mol. The summed E-state index contributed by atoms with van der Waals surface area (Å²) in [5, 5.41) is 11.6. The Morgan fingerprint density at radius 3 is 3.00 bits per heavy atom. The van der Waals surface area contributed by atoms with Crippen molar-refractivity contribution < 1.29 is 19.4 Å². The lowest BCUT2D eigenvalue weighted by atomic mass is 10.1. The van der Waals surface area contributed by atoms with Gasteiger partial charge in [-0.25, -0.2) is 4.79 Å². The van der Waals surface area contributed by atoms with Crippen molar-refractivity contribution in [1.82, 2.24) is 10.2 Å². The Morgan fingerprint density at radius 1 is 1.55 bits per heavy atom. The maximum atomic E-state index is 12.1. The van der Waals surface area contributed by atoms with Crippen LogP contribution < -0.4 is 5.32 Å². The molecule has 1 aliphatic heterocycles. The van der Waals surface area contributed by atoms with Gasteiger partial charge in [-0.1, -0.05) is 11.6 Å². The number of urea groups is 1. The van der Waals surface area contributed by atoms with E-state index in [-0.39, 0.29) is 19.1 Å². The number of hydrogen-bond donors (Lipinski definition) is 2. The van der Waals surface area contributed by atoms with Gasteiger partial charge in [0.1, 0.15) is 0 Å². The molecule has 0 aromatic carbocycles. The molecule has 0 bridgehead atoms. The lowest BCUT2D eigenvalue weighted by Crippen LogP contribution is -2.52. The summed E-state index contributed by atoms with van der Waals surface area (Å²) in [5.41, 5.74) is 0. The van der Waals surface area contributed by atoms with Crippen molar-refractivity contribution in [1.29, 1.82) is 0 Å². The Hall–Kier alpha value is -1.31. The molecule has 1 atom stereocenters. The number of carboxylic acid groups (broad SMARTS) is 1. The molecule has 1 aliphatic rings. The van der Waals surface area contributed by atoms with Crippen LogP contribution in [0.4, 0.5) is 4.79 Å². The monoisotopic (exact) mass is 318 g/mol. The maximum Gasteiger partial charge on any atom is 0.318 e. The van der Waals surface area contributed by atoms with E-state index in [1.54, 1.807) is 6.07 Å². The van der Waals surface area contributed by atoms with Crippen LogP contribution in [0.2, 0.25) is 4.34 Å². The highest BCUT2D eigenvalue weighted by Gasteiger charge is 2.28. The van der Waals surface area contributed by atoms with Crippen molar-refractivity contribution >= 4 is 34.9 Å². The number of hydrogen-bond acceptors (Lipinski definition) is 4. The van der Waals surface area contributed by atoms with Crippen molar-refractivity contribution in [2.24, 2.45) is 0 Å². The van der Waals surface area contributed by atoms with Gasteiger partial charge in [0.15, 0.2) is 0 Å². The Morgan fingerprint density at radius 2 is 2.35 bits per heavy atom. The van der Waals surface area contributed by atoms with Crippen molar-refractivity contribution in [3.63, 3.8) is 0 Å². The number of rotatable bonds is 4. The van der Waals surface area contributed by atoms with E-state index in [2.05, 4.69) is 5.32 Å². The maximum absolute atomic E-state index is 12.1. The molecule has 20 heavy (non-hydrogen) atoms. The molecule has 2 amide bonds. The Bertz CT molecular complexity index is 494. The zero-order chi connectivity index (χ0) is 14.5. The number of thiophene rings is 1. The van der Waals surface area contributed by atoms with Gasteiger partial charge in [-0.2, -0.15) is 0 Å². The first-order valence-corrected chi connectivity index (χ1v) is 7.34. The molecular formula is C12H15ClN2O4S. The summed E-state index contributed by atoms with van der Waals surface area (Å²) in [5.74, 6) is -0.941. The van der Waals surface area contributed by atoms with Crippen molar-refractivity contribution in [3.8, 4) is 0 Å². The predicted octanol–water partition coefficient (Wildman–Crippen LogP) is 1.79. The van der Waals surface area contributed by atoms with Crippen LogP contribution in [0.5, 0.6) is 0 Å². The van der Waals surface area contributed by atoms with Gasteiger partial charge in [-0.05, 0) is 12.1 Å². The van der Waals surface area contributed by atoms with Gasteiger partial charge in [0.2, 0.25) is 0 Å². The molecule has 1 saturated heterocycles. The van der Waals surface area contributed by atoms with E-state index in [1.807, 2.05) is 6.07 Å². The second-order valence-electron chi connectivity index (χ2n) is 4.38. The molecule has 0 spiro atoms. The van der Waals surface area contributed by atoms with Crippen LogP contribution in [0.25, 0.3) is 0 Å². The number of nitrogens with zero attached hydrogens (tertiary/aromatic N) is 1. The average molecular weight is 319 g/mol. The van der Waals surface area contributed by atoms with Crippen molar-refractivity contribution in [3.05, 3.63) is 21.3 Å². The SMILES string of the molecule is O=C(O)CC1COCCN1C(=O)NCc1ccc(Cl)s1. The molecule has 2 N–H and O–H groups in total. The lowest BCUT2D eigenvalue weighted by Gasteiger charge is -2.34. The molecule has 2 rings (SSSR count). The summed E-state index contributed by atoms with van der Waals surface area (Å²) in [6.07, 6.45) is -0.113. The van der Waals surface area contributed by atoms with Gasteiger partial charge in [-0.3, -0.25) is 4.79 Å². The van der Waals surface area contributed by atoms with Crippen LogP contribution >= 0.6 is 22.9 Å². The van der Waals surface area contributed by atoms with Crippen LogP contribution in [0, 0.1) is 0 Å². The molecule has 0 saturated carbocycles. The van der Waals surface area contributed by atoms with Crippen LogP contribution in [-0.4, -0.2) is 47.8 Å². The minimum absolute atomic E-state index is 0.113. The van der Waals surface area contributed by atoms with E-state index >= 15 is 0 Å². The van der Waals surface area contributed by atoms with Gasteiger partial charge >= 0.3 is 12.0 Å². The number of carbonyl (C=O) groups is 2. The molecule has 6 nitrogen and oxygen atoms in total. The molecule has 8 heteroatoms. The predicted molar refractivity (Wildman–Crippen MR) is 75.1 cm³/mol. The van der Waals surface area contributed by atoms with Crippen LogP contribution in [0.15, 0.2) is 12.1 Å². The van der Waals surface area contributed by atoms with E-state index in [0.717, 1.165) is 4.88 Å². The van der Waals surface area contributed by atoms with E-state index in [0.29, 0.717) is 24.0 Å². The molecule has 1 aromatic rings. The number of amides is 2. The molecule has 1 aromatic heterocycles. The third-order valence-electron chi connectivity index (χ3n) is 2.94. The topological polar surface area (TPSA) is 78.9 Å². The van der Waals surface area contributed by atoms with Gasteiger partial charge in [0.05, 0.1) is 36.6 Å². The minimum atomic E-state index is -0.941. The van der Waals surface area contributed by atoms with E-state index < -0.39 is 12.0 Å². The number of morpholine rings is 1. The number of halogens is 1. The third kappa shape index (κ3) is 4.09. The highest BCUT2D eigenvalue weighted by atomic mass is 35.5. The molecule has 2 heterocycles. The smallest absolute Gasteiger partial charge is 0.318 e. The van der Waals surface area contributed by atoms with Crippen LogP contribution in [-0.2, 0) is 16.1 Å². The molecule has 0 radical (unpaired) electrons. The van der Waals surface area contributed by atoms with Gasteiger partial charge < -0.3 is 20.1 Å². The molecule has 1 fully saturated rings. The van der Waals surface area contributed by atoms with E-state index in [4.69, 9.17) is 21.4 Å². The molecule has 0 aliphatic carbocycles. The molecule has 110 valence electrons.